The van der Waals surface area contributed by atoms with Gasteiger partial charge in [-0.2, -0.15) is 5.26 Å². The van der Waals surface area contributed by atoms with E-state index in [9.17, 15) is 4.79 Å². The number of aryl methyl sites for hydroxylation is 2. The zero-order valence-corrected chi connectivity index (χ0v) is 8.16. The van der Waals surface area contributed by atoms with Crippen molar-refractivity contribution in [1.82, 2.24) is 0 Å². The fourth-order valence-electron chi connectivity index (χ4n) is 1.59. The third kappa shape index (κ3) is 1.91. The average molecular weight is 189 g/mol. The first-order valence-corrected chi connectivity index (χ1v) is 4.26. The number of carbonyl (C=O) groups is 1. The van der Waals surface area contributed by atoms with Crippen molar-refractivity contribution in [2.45, 2.75) is 20.3 Å². The van der Waals surface area contributed by atoms with Gasteiger partial charge in [-0.25, -0.2) is 4.79 Å². The number of carboxylic acids is 1. The van der Waals surface area contributed by atoms with E-state index in [-0.39, 0.29) is 12.0 Å². The van der Waals surface area contributed by atoms with Crippen LogP contribution in [0.3, 0.4) is 0 Å². The highest BCUT2D eigenvalue weighted by Crippen LogP contribution is 2.17. The van der Waals surface area contributed by atoms with Crippen LogP contribution in [-0.2, 0) is 6.42 Å². The molecule has 0 aliphatic carbocycles. The lowest BCUT2D eigenvalue weighted by atomic mass is 9.97. The summed E-state index contributed by atoms with van der Waals surface area (Å²) in [6.45, 7) is 3.64. The van der Waals surface area contributed by atoms with Crippen molar-refractivity contribution in [2.24, 2.45) is 0 Å². The first-order chi connectivity index (χ1) is 6.56. The molecule has 0 saturated heterocycles. The summed E-state index contributed by atoms with van der Waals surface area (Å²) in [7, 11) is 0. The number of nitrogens with zero attached hydrogens (tertiary/aromatic N) is 1. The Balaban J connectivity index is 3.38. The van der Waals surface area contributed by atoms with Gasteiger partial charge in [0.2, 0.25) is 0 Å². The third-order valence-electron chi connectivity index (χ3n) is 2.04. The summed E-state index contributed by atoms with van der Waals surface area (Å²) in [5, 5.41) is 17.5. The van der Waals surface area contributed by atoms with Gasteiger partial charge in [-0.1, -0.05) is 17.7 Å². The number of hydrogen-bond acceptors (Lipinski definition) is 2. The minimum Gasteiger partial charge on any atom is -0.478 e. The Labute approximate surface area is 82.6 Å². The van der Waals surface area contributed by atoms with Gasteiger partial charge in [-0.05, 0) is 25.0 Å². The van der Waals surface area contributed by atoms with Gasteiger partial charge in [-0.3, -0.25) is 0 Å². The van der Waals surface area contributed by atoms with E-state index in [1.807, 2.05) is 19.1 Å². The molecule has 0 aromatic heterocycles. The van der Waals surface area contributed by atoms with E-state index in [1.165, 1.54) is 0 Å². The largest absolute Gasteiger partial charge is 0.478 e. The average Bonchev–Trinajstić information content (AvgIpc) is 2.01. The topological polar surface area (TPSA) is 61.1 Å². The predicted molar refractivity (Wildman–Crippen MR) is 52.2 cm³/mol. The molecule has 0 heterocycles. The lowest BCUT2D eigenvalue weighted by molar-refractivity contribution is 0.0695. The molecule has 3 nitrogen and oxygen atoms in total. The van der Waals surface area contributed by atoms with Crippen molar-refractivity contribution >= 4 is 5.97 Å². The van der Waals surface area contributed by atoms with Gasteiger partial charge in [0.25, 0.3) is 0 Å². The van der Waals surface area contributed by atoms with E-state index in [4.69, 9.17) is 10.4 Å². The van der Waals surface area contributed by atoms with Crippen molar-refractivity contribution in [3.8, 4) is 6.07 Å². The van der Waals surface area contributed by atoms with Crippen molar-refractivity contribution in [3.63, 3.8) is 0 Å². The maximum absolute atomic E-state index is 10.9. The second kappa shape index (κ2) is 3.93. The Kier molecular flexibility index (Phi) is 2.88. The first kappa shape index (κ1) is 10.3. The maximum Gasteiger partial charge on any atom is 0.336 e. The summed E-state index contributed by atoms with van der Waals surface area (Å²) in [5.41, 5.74) is 2.55. The summed E-state index contributed by atoms with van der Waals surface area (Å²) in [5.74, 6) is -0.965. The van der Waals surface area contributed by atoms with E-state index in [2.05, 4.69) is 0 Å². The number of benzene rings is 1. The third-order valence-corrected chi connectivity index (χ3v) is 2.04. The van der Waals surface area contributed by atoms with E-state index < -0.39 is 5.97 Å². The Morgan fingerprint density at radius 1 is 1.50 bits per heavy atom. The molecule has 0 bridgehead atoms. The standard InChI is InChI=1S/C11H11NO2/c1-7-5-8(2)10(11(13)14)9(6-7)3-4-12/h5-6H,3H2,1-2H3,(H,13,14). The van der Waals surface area contributed by atoms with Gasteiger partial charge in [0.05, 0.1) is 18.1 Å². The van der Waals surface area contributed by atoms with Crippen LogP contribution in [-0.4, -0.2) is 11.1 Å². The zero-order valence-electron chi connectivity index (χ0n) is 8.16. The zero-order chi connectivity index (χ0) is 10.7. The van der Waals surface area contributed by atoms with Crippen molar-refractivity contribution in [3.05, 3.63) is 34.4 Å². The Hall–Kier alpha value is -1.82. The molecule has 3 heteroatoms. The number of aromatic carboxylic acids is 1. The van der Waals surface area contributed by atoms with Crippen LogP contribution in [0.2, 0.25) is 0 Å². The molecule has 0 radical (unpaired) electrons. The molecule has 0 spiro atoms. The summed E-state index contributed by atoms with van der Waals surface area (Å²) < 4.78 is 0. The summed E-state index contributed by atoms with van der Waals surface area (Å²) >= 11 is 0. The highest BCUT2D eigenvalue weighted by atomic mass is 16.4. The van der Waals surface area contributed by atoms with E-state index in [0.29, 0.717) is 11.1 Å². The fraction of sp³-hybridized carbons (Fsp3) is 0.273. The minimum absolute atomic E-state index is 0.143. The summed E-state index contributed by atoms with van der Waals surface area (Å²) in [4.78, 5) is 10.9. The minimum atomic E-state index is -0.965. The smallest absolute Gasteiger partial charge is 0.336 e. The van der Waals surface area contributed by atoms with Gasteiger partial charge in [-0.15, -0.1) is 0 Å². The molecule has 14 heavy (non-hydrogen) atoms. The molecule has 0 fully saturated rings. The van der Waals surface area contributed by atoms with Crippen LogP contribution in [0.15, 0.2) is 12.1 Å². The highest BCUT2D eigenvalue weighted by Gasteiger charge is 2.13. The van der Waals surface area contributed by atoms with Crippen molar-refractivity contribution in [2.75, 3.05) is 0 Å². The molecular weight excluding hydrogens is 178 g/mol. The van der Waals surface area contributed by atoms with Gasteiger partial charge in [0.15, 0.2) is 0 Å². The molecule has 1 aromatic rings. The second-order valence-electron chi connectivity index (χ2n) is 3.26. The number of carboxylic acid groups (broad SMARTS) is 1. The summed E-state index contributed by atoms with van der Waals surface area (Å²) in [6, 6.07) is 5.53. The van der Waals surface area contributed by atoms with Crippen LogP contribution in [0.1, 0.15) is 27.0 Å². The molecule has 72 valence electrons. The molecule has 0 saturated carbocycles. The molecule has 1 N–H and O–H groups in total. The molecular formula is C11H11NO2. The number of hydrogen-bond donors (Lipinski definition) is 1. The highest BCUT2D eigenvalue weighted by molar-refractivity contribution is 5.91. The Morgan fingerprint density at radius 3 is 2.64 bits per heavy atom. The van der Waals surface area contributed by atoms with E-state index in [1.54, 1.807) is 13.0 Å². The Morgan fingerprint density at radius 2 is 2.14 bits per heavy atom. The molecule has 0 atom stereocenters. The van der Waals surface area contributed by atoms with Crippen molar-refractivity contribution in [1.29, 1.82) is 5.26 Å². The SMILES string of the molecule is Cc1cc(C)c(C(=O)O)c(CC#N)c1. The quantitative estimate of drug-likeness (QED) is 0.774. The lowest BCUT2D eigenvalue weighted by Gasteiger charge is -2.07. The van der Waals surface area contributed by atoms with Gasteiger partial charge in [0.1, 0.15) is 0 Å². The number of nitriles is 1. The van der Waals surface area contributed by atoms with Crippen LogP contribution < -0.4 is 0 Å². The van der Waals surface area contributed by atoms with E-state index in [0.717, 1.165) is 5.56 Å². The molecule has 0 unspecified atom stereocenters. The number of rotatable bonds is 2. The van der Waals surface area contributed by atoms with Crippen LogP contribution in [0.5, 0.6) is 0 Å². The van der Waals surface area contributed by atoms with Gasteiger partial charge in [0, 0.05) is 0 Å². The molecule has 1 rings (SSSR count). The molecule has 1 aromatic carbocycles. The monoisotopic (exact) mass is 189 g/mol. The Bertz CT molecular complexity index is 416. The second-order valence-corrected chi connectivity index (χ2v) is 3.26. The maximum atomic E-state index is 10.9. The normalized spacial score (nSPS) is 9.50. The molecule has 0 amide bonds. The van der Waals surface area contributed by atoms with Crippen LogP contribution >= 0.6 is 0 Å². The van der Waals surface area contributed by atoms with Crippen LogP contribution in [0.25, 0.3) is 0 Å². The molecule has 0 aliphatic heterocycles. The summed E-state index contributed by atoms with van der Waals surface area (Å²) in [6.07, 6.45) is 0.143. The first-order valence-electron chi connectivity index (χ1n) is 4.26. The fourth-order valence-corrected chi connectivity index (χ4v) is 1.59. The van der Waals surface area contributed by atoms with E-state index >= 15 is 0 Å². The van der Waals surface area contributed by atoms with Crippen LogP contribution in [0.4, 0.5) is 0 Å². The predicted octanol–water partition coefficient (Wildman–Crippen LogP) is 2.07. The van der Waals surface area contributed by atoms with Crippen molar-refractivity contribution < 1.29 is 9.90 Å². The van der Waals surface area contributed by atoms with Gasteiger partial charge >= 0.3 is 5.97 Å². The molecule has 0 aliphatic rings. The lowest BCUT2D eigenvalue weighted by Crippen LogP contribution is -2.05. The van der Waals surface area contributed by atoms with Crippen LogP contribution in [0, 0.1) is 25.2 Å². The van der Waals surface area contributed by atoms with Gasteiger partial charge < -0.3 is 5.11 Å².